The van der Waals surface area contributed by atoms with Crippen molar-refractivity contribution in [2.45, 2.75) is 12.8 Å². The lowest BCUT2D eigenvalue weighted by Gasteiger charge is -2.10. The Hall–Kier alpha value is -1.65. The van der Waals surface area contributed by atoms with Crippen molar-refractivity contribution in [3.8, 4) is 0 Å². The zero-order chi connectivity index (χ0) is 10.6. The molecule has 0 radical (unpaired) electrons. The summed E-state index contributed by atoms with van der Waals surface area (Å²) in [5.74, 6) is 0.833. The second kappa shape index (κ2) is 4.55. The van der Waals surface area contributed by atoms with Crippen LogP contribution in [0.1, 0.15) is 18.7 Å². The molecule has 0 aliphatic rings. The first-order chi connectivity index (χ1) is 6.65. The first-order valence-electron chi connectivity index (χ1n) is 4.39. The van der Waals surface area contributed by atoms with Gasteiger partial charge in [0.25, 0.3) is 0 Å². The van der Waals surface area contributed by atoms with Gasteiger partial charge in [-0.15, -0.1) is 10.2 Å². The molecule has 0 unspecified atom stereocenters. The second-order valence-corrected chi connectivity index (χ2v) is 3.15. The van der Waals surface area contributed by atoms with Gasteiger partial charge < -0.3 is 9.88 Å². The molecule has 1 amide bonds. The summed E-state index contributed by atoms with van der Waals surface area (Å²) < 4.78 is 1.84. The van der Waals surface area contributed by atoms with Crippen LogP contribution in [0.15, 0.2) is 19.0 Å². The molecule has 1 atom stereocenters. The molecule has 1 aromatic heterocycles. The molecular formula is C9H14N4O. The third-order valence-corrected chi connectivity index (χ3v) is 1.96. The number of hydrogen-bond donors (Lipinski definition) is 1. The largest absolute Gasteiger partial charge is 0.352 e. The van der Waals surface area contributed by atoms with Crippen LogP contribution in [0, 0.1) is 0 Å². The van der Waals surface area contributed by atoms with Crippen molar-refractivity contribution in [3.63, 3.8) is 0 Å². The quantitative estimate of drug-likeness (QED) is 0.697. The van der Waals surface area contributed by atoms with E-state index in [-0.39, 0.29) is 11.8 Å². The number of nitrogens with zero attached hydrogens (tertiary/aromatic N) is 3. The molecule has 1 N–H and O–H groups in total. The van der Waals surface area contributed by atoms with Crippen LogP contribution in [-0.2, 0) is 11.8 Å². The summed E-state index contributed by atoms with van der Waals surface area (Å²) in [6.45, 7) is 5.89. The van der Waals surface area contributed by atoms with Crippen molar-refractivity contribution >= 4 is 5.91 Å². The van der Waals surface area contributed by atoms with Gasteiger partial charge >= 0.3 is 0 Å². The minimum atomic E-state index is -0.168. The maximum Gasteiger partial charge on any atom is 0.243 e. The number of amides is 1. The van der Waals surface area contributed by atoms with Crippen molar-refractivity contribution in [3.05, 3.63) is 24.8 Å². The first-order valence-corrected chi connectivity index (χ1v) is 4.39. The average molecular weight is 194 g/mol. The summed E-state index contributed by atoms with van der Waals surface area (Å²) in [6, 6.07) is 0. The topological polar surface area (TPSA) is 59.8 Å². The van der Waals surface area contributed by atoms with Gasteiger partial charge in [0.1, 0.15) is 12.2 Å². The second-order valence-electron chi connectivity index (χ2n) is 3.15. The zero-order valence-corrected chi connectivity index (χ0v) is 8.40. The number of rotatable bonds is 4. The molecule has 76 valence electrons. The number of aromatic nitrogens is 3. The van der Waals surface area contributed by atoms with E-state index in [0.29, 0.717) is 6.54 Å². The van der Waals surface area contributed by atoms with Crippen LogP contribution < -0.4 is 5.32 Å². The molecule has 1 rings (SSSR count). The molecular weight excluding hydrogens is 180 g/mol. The van der Waals surface area contributed by atoms with Gasteiger partial charge in [-0.3, -0.25) is 4.79 Å². The summed E-state index contributed by atoms with van der Waals surface area (Å²) in [5.41, 5.74) is 0. The Bertz CT molecular complexity index is 331. The Labute approximate surface area is 82.8 Å². The maximum atomic E-state index is 10.9. The van der Waals surface area contributed by atoms with Crippen LogP contribution in [0.5, 0.6) is 0 Å². The highest BCUT2D eigenvalue weighted by Crippen LogP contribution is 2.08. The van der Waals surface area contributed by atoms with E-state index < -0.39 is 0 Å². The predicted octanol–water partition coefficient (Wildman–Crippen LogP) is 0.221. The number of carbonyl (C=O) groups excluding carboxylic acids is 1. The van der Waals surface area contributed by atoms with Crippen molar-refractivity contribution in [1.82, 2.24) is 20.1 Å². The summed E-state index contributed by atoms with van der Waals surface area (Å²) in [5, 5.41) is 10.4. The van der Waals surface area contributed by atoms with E-state index >= 15 is 0 Å². The maximum absolute atomic E-state index is 10.9. The van der Waals surface area contributed by atoms with Crippen LogP contribution in [0.4, 0.5) is 0 Å². The lowest BCUT2D eigenvalue weighted by atomic mass is 10.1. The van der Waals surface area contributed by atoms with E-state index in [1.165, 1.54) is 6.08 Å². The van der Waals surface area contributed by atoms with E-state index in [4.69, 9.17) is 0 Å². The number of hydrogen-bond acceptors (Lipinski definition) is 3. The lowest BCUT2D eigenvalue weighted by Crippen LogP contribution is -2.26. The van der Waals surface area contributed by atoms with Crippen LogP contribution in [0.3, 0.4) is 0 Å². The minimum absolute atomic E-state index is 0.145. The van der Waals surface area contributed by atoms with Gasteiger partial charge in [-0.1, -0.05) is 13.5 Å². The lowest BCUT2D eigenvalue weighted by molar-refractivity contribution is -0.116. The van der Waals surface area contributed by atoms with Crippen molar-refractivity contribution in [1.29, 1.82) is 0 Å². The van der Waals surface area contributed by atoms with Gasteiger partial charge in [-0.05, 0) is 6.08 Å². The molecule has 0 fully saturated rings. The molecule has 1 aromatic rings. The summed E-state index contributed by atoms with van der Waals surface area (Å²) in [6.07, 6.45) is 2.89. The molecule has 0 saturated heterocycles. The van der Waals surface area contributed by atoms with Gasteiger partial charge in [0.05, 0.1) is 0 Å². The number of aryl methyl sites for hydroxylation is 1. The molecule has 0 saturated carbocycles. The molecule has 0 aliphatic carbocycles. The third kappa shape index (κ3) is 2.42. The first kappa shape index (κ1) is 10.4. The number of nitrogens with one attached hydrogen (secondary N) is 1. The summed E-state index contributed by atoms with van der Waals surface area (Å²) >= 11 is 0. The normalized spacial score (nSPS) is 12.1. The average Bonchev–Trinajstić information content (AvgIpc) is 2.60. The molecule has 0 aliphatic heterocycles. The van der Waals surface area contributed by atoms with E-state index in [1.807, 2.05) is 18.5 Å². The van der Waals surface area contributed by atoms with Gasteiger partial charge in [-0.25, -0.2) is 0 Å². The molecule has 0 aromatic carbocycles. The molecule has 5 heteroatoms. The van der Waals surface area contributed by atoms with Crippen LogP contribution >= 0.6 is 0 Å². The van der Waals surface area contributed by atoms with Crippen LogP contribution in [0.25, 0.3) is 0 Å². The highest BCUT2D eigenvalue weighted by molar-refractivity contribution is 5.86. The van der Waals surface area contributed by atoms with E-state index in [9.17, 15) is 4.79 Å². The van der Waals surface area contributed by atoms with Crippen molar-refractivity contribution in [2.24, 2.45) is 7.05 Å². The van der Waals surface area contributed by atoms with E-state index in [0.717, 1.165) is 5.82 Å². The fraction of sp³-hybridized carbons (Fsp3) is 0.444. The monoisotopic (exact) mass is 194 g/mol. The molecule has 0 bridgehead atoms. The Morgan fingerprint density at radius 3 is 3.07 bits per heavy atom. The molecule has 14 heavy (non-hydrogen) atoms. The Kier molecular flexibility index (Phi) is 3.39. The van der Waals surface area contributed by atoms with Crippen LogP contribution in [0.2, 0.25) is 0 Å². The summed E-state index contributed by atoms with van der Waals surface area (Å²) in [4.78, 5) is 10.9. The fourth-order valence-electron chi connectivity index (χ4n) is 1.16. The Morgan fingerprint density at radius 2 is 2.57 bits per heavy atom. The predicted molar refractivity (Wildman–Crippen MR) is 52.6 cm³/mol. The third-order valence-electron chi connectivity index (χ3n) is 1.96. The van der Waals surface area contributed by atoms with Gasteiger partial charge in [-0.2, -0.15) is 0 Å². The standard InChI is InChI=1S/C9H14N4O/c1-4-8(14)10-5-7(2)9-12-11-6-13(9)3/h4,6-7H,1,5H2,2-3H3,(H,10,14)/t7-/m1/s1. The molecule has 0 spiro atoms. The van der Waals surface area contributed by atoms with E-state index in [1.54, 1.807) is 6.33 Å². The molecule has 5 nitrogen and oxygen atoms in total. The van der Waals surface area contributed by atoms with Gasteiger partial charge in [0.2, 0.25) is 5.91 Å². The smallest absolute Gasteiger partial charge is 0.243 e. The minimum Gasteiger partial charge on any atom is -0.352 e. The Balaban J connectivity index is 2.51. The highest BCUT2D eigenvalue weighted by Gasteiger charge is 2.11. The zero-order valence-electron chi connectivity index (χ0n) is 8.40. The van der Waals surface area contributed by atoms with Gasteiger partial charge in [0.15, 0.2) is 0 Å². The van der Waals surface area contributed by atoms with Crippen LogP contribution in [-0.4, -0.2) is 27.2 Å². The Morgan fingerprint density at radius 1 is 1.86 bits per heavy atom. The molecule has 1 heterocycles. The van der Waals surface area contributed by atoms with Crippen molar-refractivity contribution in [2.75, 3.05) is 6.54 Å². The van der Waals surface area contributed by atoms with Crippen molar-refractivity contribution < 1.29 is 4.79 Å². The summed E-state index contributed by atoms with van der Waals surface area (Å²) in [7, 11) is 1.88. The van der Waals surface area contributed by atoms with E-state index in [2.05, 4.69) is 22.1 Å². The SMILES string of the molecule is C=CC(=O)NC[C@@H](C)c1nncn1C. The van der Waals surface area contributed by atoms with Gasteiger partial charge in [0, 0.05) is 19.5 Å². The number of carbonyl (C=O) groups is 1. The fourth-order valence-corrected chi connectivity index (χ4v) is 1.16. The highest BCUT2D eigenvalue weighted by atomic mass is 16.1.